The lowest BCUT2D eigenvalue weighted by Crippen LogP contribution is -2.33. The van der Waals surface area contributed by atoms with Gasteiger partial charge in [0.05, 0.1) is 0 Å². The lowest BCUT2D eigenvalue weighted by atomic mass is 9.94. The van der Waals surface area contributed by atoms with Crippen LogP contribution in [0, 0.1) is 13.8 Å². The van der Waals surface area contributed by atoms with Gasteiger partial charge in [0, 0.05) is 36.9 Å². The molecule has 0 bridgehead atoms. The van der Waals surface area contributed by atoms with Crippen molar-refractivity contribution < 1.29 is 4.79 Å². The summed E-state index contributed by atoms with van der Waals surface area (Å²) >= 11 is 0. The van der Waals surface area contributed by atoms with Crippen LogP contribution in [-0.2, 0) is 24.3 Å². The van der Waals surface area contributed by atoms with E-state index in [1.54, 1.807) is 4.52 Å². The van der Waals surface area contributed by atoms with E-state index in [-0.39, 0.29) is 5.91 Å². The van der Waals surface area contributed by atoms with E-state index >= 15 is 0 Å². The summed E-state index contributed by atoms with van der Waals surface area (Å²) in [5.41, 5.74) is 5.46. The molecule has 2 aromatic heterocycles. The molecular formula is C25H34N6O. The molecule has 1 saturated carbocycles. The Balaban J connectivity index is 1.33. The van der Waals surface area contributed by atoms with E-state index in [2.05, 4.69) is 56.6 Å². The molecular weight excluding hydrogens is 400 g/mol. The molecule has 0 spiro atoms. The van der Waals surface area contributed by atoms with E-state index < -0.39 is 0 Å². The number of carbonyl (C=O) groups excluding carboxylic acids is 1. The minimum Gasteiger partial charge on any atom is -0.352 e. The van der Waals surface area contributed by atoms with Crippen molar-refractivity contribution in [2.24, 2.45) is 0 Å². The molecule has 0 saturated heterocycles. The van der Waals surface area contributed by atoms with Crippen LogP contribution in [0.15, 0.2) is 30.6 Å². The minimum absolute atomic E-state index is 0.0536. The summed E-state index contributed by atoms with van der Waals surface area (Å²) in [4.78, 5) is 23.8. The molecule has 1 N–H and O–H groups in total. The van der Waals surface area contributed by atoms with Gasteiger partial charge in [-0.2, -0.15) is 10.1 Å². The highest BCUT2D eigenvalue weighted by molar-refractivity contribution is 5.76. The zero-order valence-electron chi connectivity index (χ0n) is 19.5. The average Bonchev–Trinajstić information content (AvgIpc) is 3.27. The number of amides is 1. The molecule has 1 aromatic carbocycles. The second-order valence-corrected chi connectivity index (χ2v) is 8.99. The van der Waals surface area contributed by atoms with Gasteiger partial charge in [0.2, 0.25) is 5.91 Å². The molecule has 32 heavy (non-hydrogen) atoms. The molecule has 1 aliphatic rings. The first-order chi connectivity index (χ1) is 15.5. The second-order valence-electron chi connectivity index (χ2n) is 8.99. The van der Waals surface area contributed by atoms with Crippen molar-refractivity contribution in [2.75, 3.05) is 7.05 Å². The number of benzene rings is 1. The number of carbonyl (C=O) groups is 1. The van der Waals surface area contributed by atoms with Crippen LogP contribution < -0.4 is 5.32 Å². The first-order valence-corrected chi connectivity index (χ1v) is 11.7. The van der Waals surface area contributed by atoms with Crippen LogP contribution in [0.5, 0.6) is 0 Å². The summed E-state index contributed by atoms with van der Waals surface area (Å²) < 4.78 is 1.74. The maximum absolute atomic E-state index is 12.6. The summed E-state index contributed by atoms with van der Waals surface area (Å²) in [7, 11) is 2.23. The topological polar surface area (TPSA) is 75.4 Å². The third kappa shape index (κ3) is 5.15. The SMILES string of the molecule is Cc1nc2ncnn2c(C)c1CCC(=O)NCc1ccccc1CN(C)C1CCCCC1. The Labute approximate surface area is 190 Å². The third-order valence-electron chi connectivity index (χ3n) is 6.80. The molecule has 7 nitrogen and oxygen atoms in total. The van der Waals surface area contributed by atoms with Gasteiger partial charge in [0.1, 0.15) is 6.33 Å². The van der Waals surface area contributed by atoms with E-state index in [0.29, 0.717) is 31.2 Å². The number of hydrogen-bond donors (Lipinski definition) is 1. The number of nitrogens with zero attached hydrogens (tertiary/aromatic N) is 5. The van der Waals surface area contributed by atoms with Gasteiger partial charge >= 0.3 is 0 Å². The summed E-state index contributed by atoms with van der Waals surface area (Å²) in [6, 6.07) is 9.13. The van der Waals surface area contributed by atoms with Crippen LogP contribution in [0.1, 0.15) is 66.6 Å². The normalized spacial score (nSPS) is 14.9. The number of hydrogen-bond acceptors (Lipinski definition) is 5. The largest absolute Gasteiger partial charge is 0.352 e. The highest BCUT2D eigenvalue weighted by atomic mass is 16.1. The van der Waals surface area contributed by atoms with Gasteiger partial charge in [0.25, 0.3) is 5.78 Å². The Bertz CT molecular complexity index is 1070. The first-order valence-electron chi connectivity index (χ1n) is 11.7. The van der Waals surface area contributed by atoms with Crippen molar-refractivity contribution in [3.05, 3.63) is 58.7 Å². The maximum atomic E-state index is 12.6. The van der Waals surface area contributed by atoms with Gasteiger partial charge in [-0.1, -0.05) is 43.5 Å². The van der Waals surface area contributed by atoms with E-state index in [1.807, 2.05) is 13.8 Å². The van der Waals surface area contributed by atoms with Crippen LogP contribution in [0.3, 0.4) is 0 Å². The fourth-order valence-electron chi connectivity index (χ4n) is 4.84. The molecule has 2 heterocycles. The molecule has 0 unspecified atom stereocenters. The van der Waals surface area contributed by atoms with Gasteiger partial charge in [-0.25, -0.2) is 9.50 Å². The predicted octanol–water partition coefficient (Wildman–Crippen LogP) is 3.75. The molecule has 1 aliphatic carbocycles. The fraction of sp³-hybridized carbons (Fsp3) is 0.520. The minimum atomic E-state index is 0.0536. The van der Waals surface area contributed by atoms with Crippen molar-refractivity contribution in [3.63, 3.8) is 0 Å². The van der Waals surface area contributed by atoms with Crippen molar-refractivity contribution in [3.8, 4) is 0 Å². The van der Waals surface area contributed by atoms with E-state index in [1.165, 1.54) is 49.6 Å². The maximum Gasteiger partial charge on any atom is 0.252 e. The molecule has 0 radical (unpaired) electrons. The zero-order chi connectivity index (χ0) is 22.5. The van der Waals surface area contributed by atoms with Crippen molar-refractivity contribution in [1.29, 1.82) is 0 Å². The Morgan fingerprint density at radius 3 is 2.69 bits per heavy atom. The Morgan fingerprint density at radius 2 is 1.91 bits per heavy atom. The van der Waals surface area contributed by atoms with Crippen LogP contribution >= 0.6 is 0 Å². The van der Waals surface area contributed by atoms with Gasteiger partial charge < -0.3 is 5.32 Å². The first kappa shape index (κ1) is 22.4. The van der Waals surface area contributed by atoms with E-state index in [4.69, 9.17) is 0 Å². The Morgan fingerprint density at radius 1 is 1.16 bits per heavy atom. The number of fused-ring (bicyclic) bond motifs is 1. The van der Waals surface area contributed by atoms with Gasteiger partial charge in [-0.3, -0.25) is 9.69 Å². The molecule has 3 aromatic rings. The molecule has 1 fully saturated rings. The fourth-order valence-corrected chi connectivity index (χ4v) is 4.84. The van der Waals surface area contributed by atoms with E-state index in [0.717, 1.165) is 23.5 Å². The van der Waals surface area contributed by atoms with Crippen LogP contribution in [0.25, 0.3) is 5.78 Å². The van der Waals surface area contributed by atoms with E-state index in [9.17, 15) is 4.79 Å². The standard InChI is InChI=1S/C25H34N6O/c1-18-23(19(2)31-25(29-18)27-17-28-31)13-14-24(32)26-15-20-9-7-8-10-21(20)16-30(3)22-11-5-4-6-12-22/h7-10,17,22H,4-6,11-16H2,1-3H3,(H,26,32). The predicted molar refractivity (Wildman–Crippen MR) is 125 cm³/mol. The average molecular weight is 435 g/mol. The summed E-state index contributed by atoms with van der Waals surface area (Å²) in [6.45, 7) is 5.46. The van der Waals surface area contributed by atoms with Gasteiger partial charge in [-0.05, 0) is 56.8 Å². The lowest BCUT2D eigenvalue weighted by molar-refractivity contribution is -0.121. The number of aromatic nitrogens is 4. The van der Waals surface area contributed by atoms with Crippen molar-refractivity contribution in [1.82, 2.24) is 29.8 Å². The number of aryl methyl sites for hydroxylation is 2. The highest BCUT2D eigenvalue weighted by Gasteiger charge is 2.19. The smallest absolute Gasteiger partial charge is 0.252 e. The molecule has 1 amide bonds. The van der Waals surface area contributed by atoms with Crippen molar-refractivity contribution >= 4 is 11.7 Å². The Hall–Kier alpha value is -2.80. The summed E-state index contributed by atoms with van der Waals surface area (Å²) in [5.74, 6) is 0.654. The molecule has 0 aliphatic heterocycles. The summed E-state index contributed by atoms with van der Waals surface area (Å²) in [5, 5.41) is 7.35. The monoisotopic (exact) mass is 434 g/mol. The van der Waals surface area contributed by atoms with Crippen LogP contribution in [-0.4, -0.2) is 43.5 Å². The van der Waals surface area contributed by atoms with Gasteiger partial charge in [-0.15, -0.1) is 0 Å². The van der Waals surface area contributed by atoms with Crippen LogP contribution in [0.4, 0.5) is 0 Å². The zero-order valence-corrected chi connectivity index (χ0v) is 19.5. The number of rotatable bonds is 8. The summed E-state index contributed by atoms with van der Waals surface area (Å²) in [6.07, 6.45) is 9.21. The molecule has 170 valence electrons. The van der Waals surface area contributed by atoms with Crippen molar-refractivity contribution in [2.45, 2.75) is 77.9 Å². The second kappa shape index (κ2) is 10.2. The Kier molecular flexibility index (Phi) is 7.15. The van der Waals surface area contributed by atoms with Crippen LogP contribution in [0.2, 0.25) is 0 Å². The molecule has 0 atom stereocenters. The lowest BCUT2D eigenvalue weighted by Gasteiger charge is -2.31. The highest BCUT2D eigenvalue weighted by Crippen LogP contribution is 2.23. The number of nitrogens with one attached hydrogen (secondary N) is 1. The third-order valence-corrected chi connectivity index (χ3v) is 6.80. The molecule has 4 rings (SSSR count). The van der Waals surface area contributed by atoms with Gasteiger partial charge in [0.15, 0.2) is 0 Å². The quantitative estimate of drug-likeness (QED) is 0.584. The molecule has 7 heteroatoms.